The highest BCUT2D eigenvalue weighted by atomic mass is 79.9. The average molecular weight is 639 g/mol. The van der Waals surface area contributed by atoms with Crippen molar-refractivity contribution in [1.29, 1.82) is 0 Å². The monoisotopic (exact) mass is 636 g/mol. The summed E-state index contributed by atoms with van der Waals surface area (Å²) in [6.07, 6.45) is 32.4. The maximum atomic E-state index is 2.32. The number of nitrogens with zero attached hydrogens (tertiary/aromatic N) is 2. The Labute approximate surface area is 249 Å². The van der Waals surface area contributed by atoms with Gasteiger partial charge in [0.25, 0.3) is 0 Å². The maximum Gasteiger partial charge on any atom is 0.0788 e. The second-order valence-electron chi connectivity index (χ2n) is 12.5. The van der Waals surface area contributed by atoms with E-state index in [1.165, 1.54) is 203 Å². The van der Waals surface area contributed by atoms with Crippen LogP contribution in [0.5, 0.6) is 0 Å². The van der Waals surface area contributed by atoms with Crippen molar-refractivity contribution in [2.45, 2.75) is 155 Å². The minimum atomic E-state index is 0. The van der Waals surface area contributed by atoms with Gasteiger partial charge >= 0.3 is 0 Å². The molecule has 0 aromatic heterocycles. The standard InChI is InChI=1S/C32H66N2.2BrH/c1-3-5-7-9-11-13-15-17-25-33(27-19-20-28-33)31-23-24-32-34(29-21-22-30-34)26-18-16-14-12-10-8-6-4-2;;/h3-32H2,1-2H3;2*1H/q+2;;/p-2. The van der Waals surface area contributed by atoms with E-state index in [0.717, 1.165) is 0 Å². The van der Waals surface area contributed by atoms with E-state index in [9.17, 15) is 0 Å². The zero-order valence-corrected chi connectivity index (χ0v) is 28.0. The van der Waals surface area contributed by atoms with Crippen LogP contribution in [0.25, 0.3) is 0 Å². The smallest absolute Gasteiger partial charge is 0.0788 e. The zero-order valence-electron chi connectivity index (χ0n) is 24.9. The van der Waals surface area contributed by atoms with E-state index in [1.54, 1.807) is 0 Å². The lowest BCUT2D eigenvalue weighted by Gasteiger charge is -2.37. The normalized spacial score (nSPS) is 18.2. The topological polar surface area (TPSA) is 0 Å². The summed E-state index contributed by atoms with van der Waals surface area (Å²) in [4.78, 5) is 0. The average Bonchev–Trinajstić information content (AvgIpc) is 3.51. The molecule has 2 saturated heterocycles. The lowest BCUT2D eigenvalue weighted by molar-refractivity contribution is -0.923. The molecule has 2 heterocycles. The van der Waals surface area contributed by atoms with Gasteiger partial charge in [0.15, 0.2) is 0 Å². The number of unbranched alkanes of at least 4 members (excludes halogenated alkanes) is 15. The molecule has 0 amide bonds. The predicted molar refractivity (Wildman–Crippen MR) is 152 cm³/mol. The minimum absolute atomic E-state index is 0. The number of rotatable bonds is 23. The largest absolute Gasteiger partial charge is 1.00 e. The Bertz CT molecular complexity index is 417. The molecular weight excluding hydrogens is 572 g/mol. The van der Waals surface area contributed by atoms with E-state index in [1.807, 2.05) is 0 Å². The van der Waals surface area contributed by atoms with Crippen molar-refractivity contribution in [3.05, 3.63) is 0 Å². The first-order valence-electron chi connectivity index (χ1n) is 16.4. The molecule has 0 aromatic rings. The van der Waals surface area contributed by atoms with Gasteiger partial charge in [-0.05, 0) is 25.7 Å². The van der Waals surface area contributed by atoms with Crippen LogP contribution in [0.3, 0.4) is 0 Å². The van der Waals surface area contributed by atoms with Crippen LogP contribution in [0.1, 0.15) is 155 Å². The number of likely N-dealkylation sites (tertiary alicyclic amines) is 2. The van der Waals surface area contributed by atoms with E-state index >= 15 is 0 Å². The first kappa shape index (κ1) is 36.9. The van der Waals surface area contributed by atoms with E-state index in [2.05, 4.69) is 13.8 Å². The second-order valence-corrected chi connectivity index (χ2v) is 12.5. The molecule has 2 aliphatic heterocycles. The Kier molecular flexibility index (Phi) is 24.3. The number of halogens is 2. The molecule has 0 bridgehead atoms. The quantitative estimate of drug-likeness (QED) is 0.119. The van der Waals surface area contributed by atoms with Crippen molar-refractivity contribution in [2.75, 3.05) is 52.4 Å². The predicted octanol–water partition coefficient (Wildman–Crippen LogP) is 3.28. The Hall–Kier alpha value is 0.880. The van der Waals surface area contributed by atoms with Crippen LogP contribution >= 0.6 is 0 Å². The lowest BCUT2D eigenvalue weighted by Crippen LogP contribution is -3.00. The summed E-state index contributed by atoms with van der Waals surface area (Å²) in [7, 11) is 0. The Balaban J connectivity index is 0.00000612. The molecule has 0 spiro atoms. The molecular formula is C32H66Br2N2. The third kappa shape index (κ3) is 16.1. The van der Waals surface area contributed by atoms with Crippen LogP contribution in [-0.2, 0) is 0 Å². The van der Waals surface area contributed by atoms with Gasteiger partial charge < -0.3 is 42.9 Å². The van der Waals surface area contributed by atoms with Gasteiger partial charge in [-0.25, -0.2) is 0 Å². The van der Waals surface area contributed by atoms with Crippen molar-refractivity contribution in [2.24, 2.45) is 0 Å². The highest BCUT2D eigenvalue weighted by Gasteiger charge is 2.33. The molecule has 0 saturated carbocycles. The molecule has 4 heteroatoms. The van der Waals surface area contributed by atoms with Gasteiger partial charge in [-0.1, -0.05) is 90.9 Å². The van der Waals surface area contributed by atoms with Crippen molar-refractivity contribution in [3.63, 3.8) is 0 Å². The van der Waals surface area contributed by atoms with Crippen LogP contribution in [0.2, 0.25) is 0 Å². The molecule has 0 aromatic carbocycles. The van der Waals surface area contributed by atoms with E-state index < -0.39 is 0 Å². The van der Waals surface area contributed by atoms with Crippen LogP contribution in [0, 0.1) is 0 Å². The molecule has 218 valence electrons. The van der Waals surface area contributed by atoms with Crippen LogP contribution in [0.15, 0.2) is 0 Å². The summed E-state index contributed by atoms with van der Waals surface area (Å²) >= 11 is 0. The third-order valence-electron chi connectivity index (χ3n) is 9.52. The summed E-state index contributed by atoms with van der Waals surface area (Å²) in [6.45, 7) is 16.6. The Morgan fingerprint density at radius 1 is 0.333 bits per heavy atom. The zero-order chi connectivity index (χ0) is 24.2. The van der Waals surface area contributed by atoms with Gasteiger partial charge in [-0.2, -0.15) is 0 Å². The SMILES string of the molecule is CCCCCCCCCC[N+]1(CCCC[N+]2(CCCCCCCCCC)CCCC2)CCCC1.[Br-].[Br-]. The van der Waals surface area contributed by atoms with Crippen molar-refractivity contribution < 1.29 is 42.9 Å². The molecule has 0 N–H and O–H groups in total. The molecule has 2 aliphatic rings. The molecule has 0 radical (unpaired) electrons. The summed E-state index contributed by atoms with van der Waals surface area (Å²) in [5, 5.41) is 0. The molecule has 0 unspecified atom stereocenters. The minimum Gasteiger partial charge on any atom is -1.00 e. The molecule has 2 nitrogen and oxygen atoms in total. The summed E-state index contributed by atoms with van der Waals surface area (Å²) in [6, 6.07) is 0. The van der Waals surface area contributed by atoms with Gasteiger partial charge in [0, 0.05) is 38.5 Å². The fourth-order valence-corrected chi connectivity index (χ4v) is 7.19. The van der Waals surface area contributed by atoms with E-state index in [-0.39, 0.29) is 34.0 Å². The Morgan fingerprint density at radius 3 is 0.833 bits per heavy atom. The highest BCUT2D eigenvalue weighted by Crippen LogP contribution is 2.25. The first-order chi connectivity index (χ1) is 16.7. The first-order valence-corrected chi connectivity index (χ1v) is 16.4. The van der Waals surface area contributed by atoms with Crippen molar-refractivity contribution >= 4 is 0 Å². The number of hydrogen-bond donors (Lipinski definition) is 0. The van der Waals surface area contributed by atoms with E-state index in [4.69, 9.17) is 0 Å². The maximum absolute atomic E-state index is 2.32. The van der Waals surface area contributed by atoms with Crippen LogP contribution in [0.4, 0.5) is 0 Å². The van der Waals surface area contributed by atoms with E-state index in [0.29, 0.717) is 0 Å². The fraction of sp³-hybridized carbons (Fsp3) is 1.00. The molecule has 36 heavy (non-hydrogen) atoms. The third-order valence-corrected chi connectivity index (χ3v) is 9.52. The van der Waals surface area contributed by atoms with Crippen molar-refractivity contribution in [3.8, 4) is 0 Å². The second kappa shape index (κ2) is 23.7. The summed E-state index contributed by atoms with van der Waals surface area (Å²) < 4.78 is 2.99. The molecule has 2 fully saturated rings. The van der Waals surface area contributed by atoms with Crippen LogP contribution < -0.4 is 34.0 Å². The van der Waals surface area contributed by atoms with Gasteiger partial charge in [0.2, 0.25) is 0 Å². The number of hydrogen-bond acceptors (Lipinski definition) is 0. The molecule has 2 rings (SSSR count). The summed E-state index contributed by atoms with van der Waals surface area (Å²) in [5.41, 5.74) is 0. The molecule has 0 atom stereocenters. The van der Waals surface area contributed by atoms with Crippen LogP contribution in [-0.4, -0.2) is 61.3 Å². The number of quaternary nitrogens is 2. The van der Waals surface area contributed by atoms with Gasteiger partial charge in [0.1, 0.15) is 0 Å². The van der Waals surface area contributed by atoms with Gasteiger partial charge in [-0.3, -0.25) is 0 Å². The fourth-order valence-electron chi connectivity index (χ4n) is 7.19. The van der Waals surface area contributed by atoms with Crippen molar-refractivity contribution in [1.82, 2.24) is 0 Å². The lowest BCUT2D eigenvalue weighted by atomic mass is 10.1. The van der Waals surface area contributed by atoms with Gasteiger partial charge in [-0.15, -0.1) is 0 Å². The summed E-state index contributed by atoms with van der Waals surface area (Å²) in [5.74, 6) is 0. The highest BCUT2D eigenvalue weighted by molar-refractivity contribution is 4.60. The molecule has 0 aliphatic carbocycles. The Morgan fingerprint density at radius 2 is 0.556 bits per heavy atom. The van der Waals surface area contributed by atoms with Gasteiger partial charge in [0.05, 0.1) is 52.4 Å².